The van der Waals surface area contributed by atoms with Crippen molar-refractivity contribution in [2.75, 3.05) is 0 Å². The van der Waals surface area contributed by atoms with Gasteiger partial charge in [-0.05, 0) is 79.0 Å². The molecule has 0 aliphatic heterocycles. The lowest BCUT2D eigenvalue weighted by Crippen LogP contribution is -2.17. The number of benzene rings is 1. The molecule has 0 spiro atoms. The van der Waals surface area contributed by atoms with Gasteiger partial charge in [-0.2, -0.15) is 0 Å². The molecule has 1 aromatic rings. The zero-order chi connectivity index (χ0) is 19.6. The first-order valence-corrected chi connectivity index (χ1v) is 13.1. The van der Waals surface area contributed by atoms with E-state index in [-0.39, 0.29) is 10.8 Å². The third-order valence-electron chi connectivity index (χ3n) is 7.62. The molecular formula is C24H35O3S-. The maximum atomic E-state index is 12.3. The molecule has 0 heterocycles. The van der Waals surface area contributed by atoms with Gasteiger partial charge in [-0.25, -0.2) is 8.42 Å². The van der Waals surface area contributed by atoms with Gasteiger partial charge in [-0.15, -0.1) is 0 Å². The van der Waals surface area contributed by atoms with Gasteiger partial charge in [-0.3, -0.25) is 0 Å². The minimum Gasteiger partial charge on any atom is -0.744 e. The van der Waals surface area contributed by atoms with Gasteiger partial charge in [0.05, 0.1) is 4.90 Å². The van der Waals surface area contributed by atoms with E-state index in [9.17, 15) is 13.0 Å². The summed E-state index contributed by atoms with van der Waals surface area (Å²) in [7, 11) is -4.44. The molecule has 0 bridgehead atoms. The molecule has 0 radical (unpaired) electrons. The van der Waals surface area contributed by atoms with Gasteiger partial charge >= 0.3 is 0 Å². The Morgan fingerprint density at radius 1 is 0.571 bits per heavy atom. The smallest absolute Gasteiger partial charge is 0.124 e. The SMILES string of the molecule is O=S(=O)([O-])c1cc(C2CCCCC2)c(C2CCCCC2)cc1C1CCCCC1. The van der Waals surface area contributed by atoms with Crippen LogP contribution in [0.25, 0.3) is 0 Å². The van der Waals surface area contributed by atoms with Gasteiger partial charge < -0.3 is 4.55 Å². The van der Waals surface area contributed by atoms with Gasteiger partial charge in [0.15, 0.2) is 0 Å². The van der Waals surface area contributed by atoms with Crippen molar-refractivity contribution in [2.24, 2.45) is 0 Å². The van der Waals surface area contributed by atoms with Crippen LogP contribution in [0.4, 0.5) is 0 Å². The zero-order valence-corrected chi connectivity index (χ0v) is 17.9. The summed E-state index contributed by atoms with van der Waals surface area (Å²) in [5.41, 5.74) is 3.47. The summed E-state index contributed by atoms with van der Waals surface area (Å²) in [6.07, 6.45) is 17.9. The topological polar surface area (TPSA) is 57.2 Å². The lowest BCUT2D eigenvalue weighted by atomic mass is 9.74. The van der Waals surface area contributed by atoms with E-state index in [2.05, 4.69) is 6.07 Å². The Hall–Kier alpha value is -0.870. The van der Waals surface area contributed by atoms with Gasteiger partial charge in [0.1, 0.15) is 10.1 Å². The van der Waals surface area contributed by atoms with Crippen LogP contribution in [0.3, 0.4) is 0 Å². The molecule has 0 amide bonds. The fourth-order valence-electron chi connectivity index (χ4n) is 6.11. The Balaban J connectivity index is 1.82. The first-order chi connectivity index (χ1) is 13.5. The highest BCUT2D eigenvalue weighted by Gasteiger charge is 2.29. The molecule has 0 aromatic heterocycles. The second-order valence-corrected chi connectivity index (χ2v) is 10.8. The van der Waals surface area contributed by atoms with Gasteiger partial charge in [0.25, 0.3) is 0 Å². The van der Waals surface area contributed by atoms with Crippen molar-refractivity contribution >= 4 is 10.1 Å². The van der Waals surface area contributed by atoms with Crippen molar-refractivity contribution in [3.63, 3.8) is 0 Å². The third-order valence-corrected chi connectivity index (χ3v) is 8.51. The van der Waals surface area contributed by atoms with Crippen LogP contribution in [0, 0.1) is 0 Å². The van der Waals surface area contributed by atoms with Crippen molar-refractivity contribution in [1.82, 2.24) is 0 Å². The number of hydrogen-bond donors (Lipinski definition) is 0. The van der Waals surface area contributed by atoms with Gasteiger partial charge in [-0.1, -0.05) is 63.9 Å². The molecule has 0 saturated heterocycles. The quantitative estimate of drug-likeness (QED) is 0.523. The summed E-state index contributed by atoms with van der Waals surface area (Å²) in [5.74, 6) is 1.23. The summed E-state index contributed by atoms with van der Waals surface area (Å²) in [4.78, 5) is 0.111. The minimum atomic E-state index is -4.44. The van der Waals surface area contributed by atoms with Crippen LogP contribution in [0.1, 0.15) is 131 Å². The van der Waals surface area contributed by atoms with Crippen molar-refractivity contribution in [3.05, 3.63) is 28.8 Å². The average molecular weight is 404 g/mol. The summed E-state index contributed by atoms with van der Waals surface area (Å²) in [6.45, 7) is 0. The van der Waals surface area contributed by atoms with Crippen LogP contribution >= 0.6 is 0 Å². The molecule has 3 saturated carbocycles. The Bertz CT molecular complexity index is 765. The predicted octanol–water partition coefficient (Wildman–Crippen LogP) is 6.73. The Labute approximate surface area is 171 Å². The molecule has 4 heteroatoms. The fraction of sp³-hybridized carbons (Fsp3) is 0.750. The molecule has 0 unspecified atom stereocenters. The molecule has 3 fully saturated rings. The van der Waals surface area contributed by atoms with Crippen LogP contribution in [0.5, 0.6) is 0 Å². The van der Waals surface area contributed by atoms with E-state index in [1.165, 1.54) is 68.9 Å². The zero-order valence-electron chi connectivity index (χ0n) is 17.1. The predicted molar refractivity (Wildman–Crippen MR) is 112 cm³/mol. The Morgan fingerprint density at radius 3 is 1.32 bits per heavy atom. The van der Waals surface area contributed by atoms with E-state index in [1.54, 1.807) is 0 Å². The third kappa shape index (κ3) is 4.48. The molecule has 3 nitrogen and oxygen atoms in total. The summed E-state index contributed by atoms with van der Waals surface area (Å²) in [5, 5.41) is 0. The second kappa shape index (κ2) is 8.87. The molecule has 0 N–H and O–H groups in total. The number of hydrogen-bond acceptors (Lipinski definition) is 3. The van der Waals surface area contributed by atoms with E-state index in [0.717, 1.165) is 44.1 Å². The van der Waals surface area contributed by atoms with E-state index >= 15 is 0 Å². The first-order valence-electron chi connectivity index (χ1n) is 11.7. The van der Waals surface area contributed by atoms with Crippen molar-refractivity contribution in [2.45, 2.75) is 119 Å². The van der Waals surface area contributed by atoms with Crippen LogP contribution < -0.4 is 0 Å². The molecule has 3 aliphatic carbocycles. The van der Waals surface area contributed by atoms with Crippen LogP contribution in [0.2, 0.25) is 0 Å². The van der Waals surface area contributed by atoms with Crippen molar-refractivity contribution in [3.8, 4) is 0 Å². The Morgan fingerprint density at radius 2 is 0.929 bits per heavy atom. The van der Waals surface area contributed by atoms with Crippen molar-refractivity contribution < 1.29 is 13.0 Å². The monoisotopic (exact) mass is 403 g/mol. The van der Waals surface area contributed by atoms with E-state index in [0.29, 0.717) is 11.8 Å². The number of rotatable bonds is 4. The highest BCUT2D eigenvalue weighted by Crippen LogP contribution is 2.45. The molecule has 4 rings (SSSR count). The maximum Gasteiger partial charge on any atom is 0.124 e. The summed E-state index contributed by atoms with van der Waals surface area (Å²) < 4.78 is 36.8. The van der Waals surface area contributed by atoms with Crippen molar-refractivity contribution in [1.29, 1.82) is 0 Å². The molecule has 0 atom stereocenters. The summed E-state index contributed by atoms with van der Waals surface area (Å²) in [6, 6.07) is 4.06. The van der Waals surface area contributed by atoms with Gasteiger partial charge in [0, 0.05) is 0 Å². The molecule has 156 valence electrons. The van der Waals surface area contributed by atoms with Crippen LogP contribution in [0.15, 0.2) is 17.0 Å². The van der Waals surface area contributed by atoms with E-state index in [4.69, 9.17) is 0 Å². The highest BCUT2D eigenvalue weighted by atomic mass is 32.2. The lowest BCUT2D eigenvalue weighted by Gasteiger charge is -2.33. The van der Waals surface area contributed by atoms with Gasteiger partial charge in [0.2, 0.25) is 0 Å². The normalized spacial score (nSPS) is 23.8. The standard InChI is InChI=1S/C24H36O3S/c25-28(26,27)24-17-22(19-12-6-2-7-13-19)21(18-10-4-1-5-11-18)16-23(24)20-14-8-3-9-15-20/h16-20H,1-15H2,(H,25,26,27)/p-1. The lowest BCUT2D eigenvalue weighted by molar-refractivity contribution is 0.411. The molecule has 3 aliphatic rings. The summed E-state index contributed by atoms with van der Waals surface area (Å²) >= 11 is 0. The van der Waals surface area contributed by atoms with E-state index in [1.807, 2.05) is 6.07 Å². The largest absolute Gasteiger partial charge is 0.744 e. The van der Waals surface area contributed by atoms with Crippen LogP contribution in [-0.2, 0) is 10.1 Å². The minimum absolute atomic E-state index is 0.111. The van der Waals surface area contributed by atoms with Crippen LogP contribution in [-0.4, -0.2) is 13.0 Å². The fourth-order valence-corrected chi connectivity index (χ4v) is 6.90. The average Bonchev–Trinajstić information content (AvgIpc) is 2.74. The second-order valence-electron chi connectivity index (χ2n) is 9.48. The molecule has 28 heavy (non-hydrogen) atoms. The molecule has 1 aromatic carbocycles. The van der Waals surface area contributed by atoms with E-state index < -0.39 is 10.1 Å². The first kappa shape index (κ1) is 20.4. The highest BCUT2D eigenvalue weighted by molar-refractivity contribution is 7.85. The molecular weight excluding hydrogens is 368 g/mol. The Kier molecular flexibility index (Phi) is 6.46. The maximum absolute atomic E-state index is 12.3.